The molecular formula is C36H35ClN2O2. The zero-order valence-corrected chi connectivity index (χ0v) is 24.5. The molecule has 6 rings (SSSR count). The normalized spacial score (nSPS) is 19.1. The van der Waals surface area contributed by atoms with E-state index in [9.17, 15) is 0 Å². The van der Waals surface area contributed by atoms with E-state index >= 15 is 0 Å². The van der Waals surface area contributed by atoms with Crippen molar-refractivity contribution in [2.45, 2.75) is 45.8 Å². The van der Waals surface area contributed by atoms with Gasteiger partial charge in [-0.1, -0.05) is 83.4 Å². The second-order valence-corrected chi connectivity index (χ2v) is 11.4. The Morgan fingerprint density at radius 2 is 1.73 bits per heavy atom. The summed E-state index contributed by atoms with van der Waals surface area (Å²) in [5, 5.41) is 4.30. The molecule has 2 aliphatic rings. The minimum Gasteiger partial charge on any atom is -0.490 e. The number of nitrogens with zero attached hydrogens (tertiary/aromatic N) is 1. The van der Waals surface area contributed by atoms with Crippen LogP contribution in [0.25, 0.3) is 0 Å². The first-order valence-corrected chi connectivity index (χ1v) is 14.7. The first kappa shape index (κ1) is 27.2. The minimum absolute atomic E-state index is 0.270. The molecule has 5 heteroatoms. The molecule has 0 radical (unpaired) electrons. The Bertz CT molecular complexity index is 1590. The van der Waals surface area contributed by atoms with Crippen molar-refractivity contribution in [3.63, 3.8) is 0 Å². The molecule has 4 nitrogen and oxygen atoms in total. The summed E-state index contributed by atoms with van der Waals surface area (Å²) in [5.41, 5.74) is 9.17. The van der Waals surface area contributed by atoms with E-state index < -0.39 is 0 Å². The van der Waals surface area contributed by atoms with Gasteiger partial charge in [0.05, 0.1) is 23.4 Å². The fourth-order valence-electron chi connectivity index (χ4n) is 6.16. The highest BCUT2D eigenvalue weighted by molar-refractivity contribution is 6.32. The van der Waals surface area contributed by atoms with Crippen LogP contribution in [0.5, 0.6) is 11.5 Å². The van der Waals surface area contributed by atoms with Crippen LogP contribution in [0.3, 0.4) is 0 Å². The second kappa shape index (κ2) is 11.8. The van der Waals surface area contributed by atoms with Crippen LogP contribution in [0, 0.1) is 19.8 Å². The van der Waals surface area contributed by atoms with Crippen molar-refractivity contribution in [3.8, 4) is 11.5 Å². The summed E-state index contributed by atoms with van der Waals surface area (Å²) < 4.78 is 12.1. The maximum atomic E-state index is 6.69. The molecule has 0 unspecified atom stereocenters. The molecule has 3 atom stereocenters. The molecule has 1 aliphatic carbocycles. The lowest BCUT2D eigenvalue weighted by molar-refractivity contribution is 0.269. The third kappa shape index (κ3) is 5.89. The number of hydrogen-bond donors (Lipinski definition) is 1. The maximum Gasteiger partial charge on any atom is 0.180 e. The summed E-state index contributed by atoms with van der Waals surface area (Å²) in [6, 6.07) is 27.7. The van der Waals surface area contributed by atoms with Gasteiger partial charge in [0.15, 0.2) is 11.5 Å². The molecule has 1 aliphatic heterocycles. The van der Waals surface area contributed by atoms with Gasteiger partial charge in [0, 0.05) is 17.8 Å². The molecule has 0 fully saturated rings. The van der Waals surface area contributed by atoms with Crippen LogP contribution in [0.2, 0.25) is 5.02 Å². The third-order valence-corrected chi connectivity index (χ3v) is 8.16. The molecule has 4 aromatic rings. The van der Waals surface area contributed by atoms with E-state index in [1.54, 1.807) is 0 Å². The SMILES string of the molecule is CCOc1cc(C=Nc2ccc([C@@H]3Nc4ccccc4[C@@H]4C=CC[C@@H]43)cc2)cc(Cl)c1OCc1cc(C)cc(C)c1. The van der Waals surface area contributed by atoms with Crippen molar-refractivity contribution in [2.75, 3.05) is 11.9 Å². The van der Waals surface area contributed by atoms with Crippen molar-refractivity contribution in [1.29, 1.82) is 0 Å². The molecule has 0 saturated carbocycles. The van der Waals surface area contributed by atoms with E-state index in [2.05, 4.69) is 98.0 Å². The smallest absolute Gasteiger partial charge is 0.180 e. The van der Waals surface area contributed by atoms with Crippen molar-refractivity contribution >= 4 is 29.2 Å². The molecule has 0 saturated heterocycles. The molecule has 1 N–H and O–H groups in total. The minimum atomic E-state index is 0.270. The number of hydrogen-bond acceptors (Lipinski definition) is 4. The number of fused-ring (bicyclic) bond motifs is 3. The zero-order valence-electron chi connectivity index (χ0n) is 23.7. The monoisotopic (exact) mass is 562 g/mol. The second-order valence-electron chi connectivity index (χ2n) is 11.0. The zero-order chi connectivity index (χ0) is 28.3. The first-order valence-electron chi connectivity index (χ1n) is 14.3. The number of aliphatic imine (C=N–C) groups is 1. The lowest BCUT2D eigenvalue weighted by Crippen LogP contribution is -2.28. The van der Waals surface area contributed by atoms with Crippen LogP contribution in [0.4, 0.5) is 11.4 Å². The van der Waals surface area contributed by atoms with Crippen molar-refractivity contribution in [1.82, 2.24) is 0 Å². The Labute approximate surface area is 247 Å². The number of allylic oxidation sites excluding steroid dienone is 2. The summed E-state index contributed by atoms with van der Waals surface area (Å²) in [6.07, 6.45) is 7.61. The molecule has 4 aromatic carbocycles. The van der Waals surface area contributed by atoms with Gasteiger partial charge >= 0.3 is 0 Å². The highest BCUT2D eigenvalue weighted by atomic mass is 35.5. The van der Waals surface area contributed by atoms with Gasteiger partial charge in [0.2, 0.25) is 0 Å². The van der Waals surface area contributed by atoms with Crippen LogP contribution >= 0.6 is 11.6 Å². The van der Waals surface area contributed by atoms with E-state index in [4.69, 9.17) is 26.1 Å². The predicted molar refractivity (Wildman–Crippen MR) is 169 cm³/mol. The molecule has 0 amide bonds. The molecule has 208 valence electrons. The Balaban J connectivity index is 1.18. The third-order valence-electron chi connectivity index (χ3n) is 7.88. The van der Waals surface area contributed by atoms with Crippen LogP contribution in [0.1, 0.15) is 58.7 Å². The quantitative estimate of drug-likeness (QED) is 0.172. The number of halogens is 1. The Morgan fingerprint density at radius 1 is 0.951 bits per heavy atom. The molecule has 1 heterocycles. The van der Waals surface area contributed by atoms with Gasteiger partial charge in [-0.2, -0.15) is 0 Å². The molecule has 0 aromatic heterocycles. The van der Waals surface area contributed by atoms with Crippen molar-refractivity contribution in [2.24, 2.45) is 10.9 Å². The number of anilines is 1. The summed E-state index contributed by atoms with van der Waals surface area (Å²) >= 11 is 6.69. The Morgan fingerprint density at radius 3 is 2.51 bits per heavy atom. The van der Waals surface area contributed by atoms with E-state index in [1.165, 1.54) is 27.9 Å². The van der Waals surface area contributed by atoms with Crippen LogP contribution in [-0.2, 0) is 6.61 Å². The number of benzene rings is 4. The van der Waals surface area contributed by atoms with Crippen LogP contribution < -0.4 is 14.8 Å². The van der Waals surface area contributed by atoms with Gasteiger partial charge < -0.3 is 14.8 Å². The Kier molecular flexibility index (Phi) is 7.84. The summed E-state index contributed by atoms with van der Waals surface area (Å²) in [7, 11) is 0. The average molecular weight is 563 g/mol. The molecule has 41 heavy (non-hydrogen) atoms. The fourth-order valence-corrected chi connectivity index (χ4v) is 6.44. The number of aryl methyl sites for hydroxylation is 2. The van der Waals surface area contributed by atoms with Gasteiger partial charge in [-0.25, -0.2) is 0 Å². The summed E-state index contributed by atoms with van der Waals surface area (Å²) in [4.78, 5) is 4.74. The molecule has 0 spiro atoms. The maximum absolute atomic E-state index is 6.69. The van der Waals surface area contributed by atoms with E-state index in [0.29, 0.717) is 41.6 Å². The van der Waals surface area contributed by atoms with Crippen molar-refractivity contribution < 1.29 is 9.47 Å². The Hall–Kier alpha value is -4.02. The van der Waals surface area contributed by atoms with Crippen LogP contribution in [-0.4, -0.2) is 12.8 Å². The van der Waals surface area contributed by atoms with Crippen molar-refractivity contribution in [3.05, 3.63) is 129 Å². The number of para-hydroxylation sites is 1. The van der Waals surface area contributed by atoms with Gasteiger partial charge in [-0.15, -0.1) is 0 Å². The summed E-state index contributed by atoms with van der Waals surface area (Å²) in [5.74, 6) is 2.15. The standard InChI is InChI=1S/C36H35ClN2O2/c1-4-40-34-20-25(19-32(37)36(34)41-22-26-17-23(2)16-24(3)18-26)21-38-28-14-12-27(13-15-28)35-31-10-7-9-29(31)30-8-5-6-11-33(30)39-35/h5-9,11-21,29,31,35,39H,4,10,22H2,1-3H3/t29-,31-,35-/m0/s1. The van der Waals surface area contributed by atoms with Gasteiger partial charge in [-0.05, 0) is 85.7 Å². The predicted octanol–water partition coefficient (Wildman–Crippen LogP) is 9.51. The average Bonchev–Trinajstić information content (AvgIpc) is 3.46. The van der Waals surface area contributed by atoms with E-state index in [-0.39, 0.29) is 6.04 Å². The van der Waals surface area contributed by atoms with Gasteiger partial charge in [-0.3, -0.25) is 4.99 Å². The van der Waals surface area contributed by atoms with E-state index in [0.717, 1.165) is 23.2 Å². The number of nitrogens with one attached hydrogen (secondary N) is 1. The lowest BCUT2D eigenvalue weighted by Gasteiger charge is -2.37. The highest BCUT2D eigenvalue weighted by Gasteiger charge is 2.37. The lowest BCUT2D eigenvalue weighted by atomic mass is 9.77. The fraction of sp³-hybridized carbons (Fsp3) is 0.250. The van der Waals surface area contributed by atoms with Crippen LogP contribution in [0.15, 0.2) is 96.0 Å². The van der Waals surface area contributed by atoms with Gasteiger partial charge in [0.25, 0.3) is 0 Å². The molecular weight excluding hydrogens is 528 g/mol. The van der Waals surface area contributed by atoms with Gasteiger partial charge in [0.1, 0.15) is 6.61 Å². The largest absolute Gasteiger partial charge is 0.490 e. The summed E-state index contributed by atoms with van der Waals surface area (Å²) in [6.45, 7) is 7.06. The number of rotatable bonds is 8. The number of ether oxygens (including phenoxy) is 2. The topological polar surface area (TPSA) is 42.8 Å². The van der Waals surface area contributed by atoms with E-state index in [1.807, 2.05) is 25.3 Å². The molecule has 0 bridgehead atoms. The first-order chi connectivity index (χ1) is 20.0. The highest BCUT2D eigenvalue weighted by Crippen LogP contribution is 2.49.